The van der Waals surface area contributed by atoms with Crippen LogP contribution < -0.4 is 4.90 Å². The van der Waals surface area contributed by atoms with E-state index in [0.29, 0.717) is 5.15 Å². The molecule has 1 saturated heterocycles. The minimum absolute atomic E-state index is 0.615. The normalized spacial score (nSPS) is 24.4. The van der Waals surface area contributed by atoms with Crippen LogP contribution in [-0.4, -0.2) is 23.1 Å². The van der Waals surface area contributed by atoms with Crippen molar-refractivity contribution in [3.05, 3.63) is 17.0 Å². The fourth-order valence-corrected chi connectivity index (χ4v) is 2.65. The Morgan fingerprint density at radius 3 is 2.53 bits per heavy atom. The lowest BCUT2D eigenvalue weighted by Crippen LogP contribution is -2.22. The summed E-state index contributed by atoms with van der Waals surface area (Å²) in [4.78, 5) is 10.9. The molecule has 0 aliphatic carbocycles. The van der Waals surface area contributed by atoms with Crippen LogP contribution in [0.5, 0.6) is 0 Å². The Bertz CT molecular complexity index is 384. The molecule has 0 N–H and O–H groups in total. The maximum Gasteiger partial charge on any atom is 0.137 e. The predicted octanol–water partition coefficient (Wildman–Crippen LogP) is 3.17. The molecule has 0 bridgehead atoms. The monoisotopic (exact) mass is 253 g/mol. The van der Waals surface area contributed by atoms with Crippen molar-refractivity contribution in [2.24, 2.45) is 11.8 Å². The first-order valence-corrected chi connectivity index (χ1v) is 6.75. The van der Waals surface area contributed by atoms with Crippen LogP contribution >= 0.6 is 11.6 Å². The second-order valence-corrected chi connectivity index (χ2v) is 5.43. The molecule has 1 aliphatic heterocycles. The van der Waals surface area contributed by atoms with E-state index >= 15 is 0 Å². The molecule has 0 amide bonds. The average molecular weight is 254 g/mol. The third-order valence-corrected chi connectivity index (χ3v) is 3.98. The highest BCUT2D eigenvalue weighted by Gasteiger charge is 2.28. The fourth-order valence-electron chi connectivity index (χ4n) is 2.42. The lowest BCUT2D eigenvalue weighted by atomic mass is 10.0. The summed E-state index contributed by atoms with van der Waals surface area (Å²) in [6, 6.07) is 0. The molecule has 3 nitrogen and oxygen atoms in total. The van der Waals surface area contributed by atoms with Crippen LogP contribution in [0.4, 0.5) is 5.82 Å². The van der Waals surface area contributed by atoms with Crippen molar-refractivity contribution in [3.63, 3.8) is 0 Å². The SMILES string of the molecule is CCCc1c(Cl)ncnc1N1CC(C)C(C)C1. The van der Waals surface area contributed by atoms with Gasteiger partial charge in [0.25, 0.3) is 0 Å². The van der Waals surface area contributed by atoms with Crippen molar-refractivity contribution in [2.75, 3.05) is 18.0 Å². The number of hydrogen-bond donors (Lipinski definition) is 0. The van der Waals surface area contributed by atoms with Gasteiger partial charge >= 0.3 is 0 Å². The first kappa shape index (κ1) is 12.6. The van der Waals surface area contributed by atoms with Crippen molar-refractivity contribution in [1.29, 1.82) is 0 Å². The van der Waals surface area contributed by atoms with Crippen molar-refractivity contribution in [3.8, 4) is 0 Å². The van der Waals surface area contributed by atoms with Gasteiger partial charge in [-0.25, -0.2) is 9.97 Å². The summed E-state index contributed by atoms with van der Waals surface area (Å²) < 4.78 is 0. The minimum atomic E-state index is 0.615. The van der Waals surface area contributed by atoms with Gasteiger partial charge in [0.2, 0.25) is 0 Å². The summed E-state index contributed by atoms with van der Waals surface area (Å²) in [6.45, 7) is 8.90. The van der Waals surface area contributed by atoms with Crippen LogP contribution in [0, 0.1) is 11.8 Å². The van der Waals surface area contributed by atoms with Gasteiger partial charge in [-0.2, -0.15) is 0 Å². The lowest BCUT2D eigenvalue weighted by molar-refractivity contribution is 0.494. The van der Waals surface area contributed by atoms with Gasteiger partial charge in [-0.15, -0.1) is 0 Å². The molecule has 1 aromatic heterocycles. The highest BCUT2D eigenvalue weighted by molar-refractivity contribution is 6.30. The zero-order chi connectivity index (χ0) is 12.4. The molecule has 94 valence electrons. The molecular weight excluding hydrogens is 234 g/mol. The van der Waals surface area contributed by atoms with E-state index in [-0.39, 0.29) is 0 Å². The molecule has 2 unspecified atom stereocenters. The Balaban J connectivity index is 2.29. The van der Waals surface area contributed by atoms with Gasteiger partial charge in [-0.3, -0.25) is 0 Å². The molecule has 17 heavy (non-hydrogen) atoms. The summed E-state index contributed by atoms with van der Waals surface area (Å²) in [6.07, 6.45) is 3.60. The quantitative estimate of drug-likeness (QED) is 0.775. The maximum atomic E-state index is 6.18. The summed E-state index contributed by atoms with van der Waals surface area (Å²) in [7, 11) is 0. The van der Waals surface area contributed by atoms with Crippen LogP contribution in [-0.2, 0) is 6.42 Å². The van der Waals surface area contributed by atoms with Crippen molar-refractivity contribution in [1.82, 2.24) is 9.97 Å². The van der Waals surface area contributed by atoms with E-state index in [9.17, 15) is 0 Å². The number of halogens is 1. The third-order valence-electron chi connectivity index (χ3n) is 3.66. The van der Waals surface area contributed by atoms with Crippen LogP contribution in [0.1, 0.15) is 32.8 Å². The van der Waals surface area contributed by atoms with Crippen LogP contribution in [0.15, 0.2) is 6.33 Å². The van der Waals surface area contributed by atoms with Crippen molar-refractivity contribution >= 4 is 17.4 Å². The topological polar surface area (TPSA) is 29.0 Å². The van der Waals surface area contributed by atoms with Gasteiger partial charge < -0.3 is 4.90 Å². The highest BCUT2D eigenvalue weighted by atomic mass is 35.5. The summed E-state index contributed by atoms with van der Waals surface area (Å²) in [5.41, 5.74) is 1.11. The van der Waals surface area contributed by atoms with Crippen LogP contribution in [0.25, 0.3) is 0 Å². The van der Waals surface area contributed by atoms with Gasteiger partial charge in [0.05, 0.1) is 0 Å². The molecule has 4 heteroatoms. The number of nitrogens with zero attached hydrogens (tertiary/aromatic N) is 3. The summed E-state index contributed by atoms with van der Waals surface area (Å²) in [5, 5.41) is 0.615. The Hall–Kier alpha value is -0.830. The summed E-state index contributed by atoms with van der Waals surface area (Å²) in [5.74, 6) is 2.49. The Kier molecular flexibility index (Phi) is 3.87. The molecule has 0 aromatic carbocycles. The molecule has 0 radical (unpaired) electrons. The minimum Gasteiger partial charge on any atom is -0.356 e. The van der Waals surface area contributed by atoms with E-state index in [1.165, 1.54) is 0 Å². The molecule has 0 spiro atoms. The second-order valence-electron chi connectivity index (χ2n) is 5.08. The van der Waals surface area contributed by atoms with Crippen molar-refractivity contribution < 1.29 is 0 Å². The third kappa shape index (κ3) is 2.54. The lowest BCUT2D eigenvalue weighted by Gasteiger charge is -2.20. The van der Waals surface area contributed by atoms with Crippen molar-refractivity contribution in [2.45, 2.75) is 33.6 Å². The second kappa shape index (κ2) is 5.21. The smallest absolute Gasteiger partial charge is 0.137 e. The molecule has 0 saturated carbocycles. The van der Waals surface area contributed by atoms with Crippen LogP contribution in [0.3, 0.4) is 0 Å². The molecule has 2 rings (SSSR count). The van der Waals surface area contributed by atoms with Gasteiger partial charge in [-0.05, 0) is 18.3 Å². The Morgan fingerprint density at radius 1 is 1.29 bits per heavy atom. The van der Waals surface area contributed by atoms with Gasteiger partial charge in [0.1, 0.15) is 17.3 Å². The summed E-state index contributed by atoms with van der Waals surface area (Å²) >= 11 is 6.18. The number of anilines is 1. The van der Waals surface area contributed by atoms with E-state index in [1.54, 1.807) is 6.33 Å². The first-order valence-electron chi connectivity index (χ1n) is 6.37. The number of hydrogen-bond acceptors (Lipinski definition) is 3. The molecule has 1 aliphatic rings. The van der Waals surface area contributed by atoms with E-state index in [1.807, 2.05) is 0 Å². The molecular formula is C13H20ClN3. The van der Waals surface area contributed by atoms with Gasteiger partial charge in [0, 0.05) is 18.7 Å². The molecule has 1 fully saturated rings. The zero-order valence-electron chi connectivity index (χ0n) is 10.8. The zero-order valence-corrected chi connectivity index (χ0v) is 11.5. The van der Waals surface area contributed by atoms with E-state index in [0.717, 1.165) is 49.1 Å². The highest BCUT2D eigenvalue weighted by Crippen LogP contribution is 2.31. The average Bonchev–Trinajstić information content (AvgIpc) is 2.62. The molecule has 1 aromatic rings. The van der Waals surface area contributed by atoms with E-state index in [2.05, 4.69) is 35.6 Å². The first-order chi connectivity index (χ1) is 8.13. The van der Waals surface area contributed by atoms with Crippen LogP contribution in [0.2, 0.25) is 5.15 Å². The molecule has 2 heterocycles. The number of aromatic nitrogens is 2. The maximum absolute atomic E-state index is 6.18. The predicted molar refractivity (Wildman–Crippen MR) is 71.6 cm³/mol. The fraction of sp³-hybridized carbons (Fsp3) is 0.692. The number of rotatable bonds is 3. The Morgan fingerprint density at radius 2 is 1.94 bits per heavy atom. The van der Waals surface area contributed by atoms with E-state index in [4.69, 9.17) is 11.6 Å². The van der Waals surface area contributed by atoms with E-state index < -0.39 is 0 Å². The standard InChI is InChI=1S/C13H20ClN3/c1-4-5-11-12(14)15-8-16-13(11)17-6-9(2)10(3)7-17/h8-10H,4-7H2,1-3H3. The van der Waals surface area contributed by atoms with Gasteiger partial charge in [0.15, 0.2) is 0 Å². The molecule has 2 atom stereocenters. The Labute approximate surface area is 108 Å². The van der Waals surface area contributed by atoms with Gasteiger partial charge in [-0.1, -0.05) is 38.8 Å². The largest absolute Gasteiger partial charge is 0.356 e.